The fourth-order valence-electron chi connectivity index (χ4n) is 4.66. The van der Waals surface area contributed by atoms with Gasteiger partial charge in [0.25, 0.3) is 0 Å². The molecule has 0 aromatic heterocycles. The number of fused-ring (bicyclic) bond motifs is 3. The van der Waals surface area contributed by atoms with Gasteiger partial charge in [0.05, 0.1) is 5.02 Å². The van der Waals surface area contributed by atoms with E-state index in [-0.39, 0.29) is 0 Å². The molecule has 1 aliphatic heterocycles. The van der Waals surface area contributed by atoms with Crippen molar-refractivity contribution in [3.63, 3.8) is 0 Å². The molecule has 2 aliphatic rings. The van der Waals surface area contributed by atoms with Crippen LogP contribution in [-0.2, 0) is 13.0 Å². The molecule has 124 valence electrons. The van der Waals surface area contributed by atoms with Crippen molar-refractivity contribution in [3.8, 4) is 0 Å². The van der Waals surface area contributed by atoms with Gasteiger partial charge >= 0.3 is 0 Å². The van der Waals surface area contributed by atoms with Crippen LogP contribution in [0.25, 0.3) is 6.08 Å². The van der Waals surface area contributed by atoms with Crippen LogP contribution in [-0.4, -0.2) is 18.0 Å². The van der Waals surface area contributed by atoms with E-state index in [0.29, 0.717) is 11.3 Å². The third-order valence-electron chi connectivity index (χ3n) is 5.97. The largest absolute Gasteiger partial charge is 0.298 e. The van der Waals surface area contributed by atoms with E-state index >= 15 is 0 Å². The summed E-state index contributed by atoms with van der Waals surface area (Å²) in [6.07, 6.45) is 4.17. The molecule has 2 atom stereocenters. The van der Waals surface area contributed by atoms with Crippen LogP contribution in [0.15, 0.2) is 49.0 Å². The average Bonchev–Trinajstić information content (AvgIpc) is 2.92. The molecule has 2 aromatic rings. The monoisotopic (exact) mass is 337 g/mol. The summed E-state index contributed by atoms with van der Waals surface area (Å²) in [7, 11) is 0. The van der Waals surface area contributed by atoms with Crippen LogP contribution in [0.3, 0.4) is 0 Å². The van der Waals surface area contributed by atoms with E-state index < -0.39 is 0 Å². The SMILES string of the molecule is C=Cc1ccc2c(c1Cl)CC[C@@]1(C)CN(Cc3ccccc3)CC21. The minimum Gasteiger partial charge on any atom is -0.298 e. The Balaban J connectivity index is 1.63. The van der Waals surface area contributed by atoms with Gasteiger partial charge in [-0.05, 0) is 40.5 Å². The van der Waals surface area contributed by atoms with E-state index in [1.54, 1.807) is 0 Å². The highest BCUT2D eigenvalue weighted by Gasteiger charge is 2.46. The lowest BCUT2D eigenvalue weighted by Crippen LogP contribution is -2.30. The second kappa shape index (κ2) is 6.06. The van der Waals surface area contributed by atoms with Crippen LogP contribution < -0.4 is 0 Å². The number of rotatable bonds is 3. The van der Waals surface area contributed by atoms with Crippen molar-refractivity contribution in [1.29, 1.82) is 0 Å². The van der Waals surface area contributed by atoms with Gasteiger partial charge in [0, 0.05) is 25.6 Å². The normalized spacial score (nSPS) is 26.0. The zero-order chi connectivity index (χ0) is 16.7. The van der Waals surface area contributed by atoms with Gasteiger partial charge in [-0.2, -0.15) is 0 Å². The van der Waals surface area contributed by atoms with Crippen molar-refractivity contribution >= 4 is 17.7 Å². The van der Waals surface area contributed by atoms with Gasteiger partial charge in [-0.25, -0.2) is 0 Å². The first-order valence-electron chi connectivity index (χ1n) is 8.81. The zero-order valence-electron chi connectivity index (χ0n) is 14.3. The summed E-state index contributed by atoms with van der Waals surface area (Å²) in [4.78, 5) is 2.62. The van der Waals surface area contributed by atoms with Gasteiger partial charge in [-0.15, -0.1) is 0 Å². The van der Waals surface area contributed by atoms with Crippen molar-refractivity contribution < 1.29 is 0 Å². The molecule has 4 rings (SSSR count). The quantitative estimate of drug-likeness (QED) is 0.711. The summed E-state index contributed by atoms with van der Waals surface area (Å²) in [5.41, 5.74) is 5.66. The first-order valence-corrected chi connectivity index (χ1v) is 9.18. The Morgan fingerprint density at radius 3 is 2.79 bits per heavy atom. The van der Waals surface area contributed by atoms with Gasteiger partial charge in [-0.3, -0.25) is 4.90 Å². The standard InChI is InChI=1S/C22H24ClN/c1-3-17-9-10-18-19(21(17)23)11-12-22(2)15-24(14-20(18)22)13-16-7-5-4-6-8-16/h3-10,20H,1,11-15H2,2H3/t20?,22-/m0/s1. The lowest BCUT2D eigenvalue weighted by atomic mass is 9.67. The topological polar surface area (TPSA) is 3.24 Å². The molecule has 1 nitrogen and oxygen atoms in total. The lowest BCUT2D eigenvalue weighted by Gasteiger charge is -2.37. The highest BCUT2D eigenvalue weighted by atomic mass is 35.5. The predicted molar refractivity (Wildman–Crippen MR) is 102 cm³/mol. The maximum absolute atomic E-state index is 6.64. The first kappa shape index (κ1) is 15.9. The Morgan fingerprint density at radius 2 is 2.04 bits per heavy atom. The number of nitrogens with zero attached hydrogens (tertiary/aromatic N) is 1. The number of halogens is 1. The summed E-state index contributed by atoms with van der Waals surface area (Å²) < 4.78 is 0. The highest BCUT2D eigenvalue weighted by Crippen LogP contribution is 2.52. The third kappa shape index (κ3) is 2.60. The van der Waals surface area contributed by atoms with Crippen molar-refractivity contribution in [1.82, 2.24) is 4.90 Å². The van der Waals surface area contributed by atoms with Crippen LogP contribution in [0.1, 0.15) is 41.5 Å². The molecule has 1 saturated heterocycles. The number of benzene rings is 2. The molecule has 1 unspecified atom stereocenters. The van der Waals surface area contributed by atoms with Crippen molar-refractivity contribution in [2.24, 2.45) is 5.41 Å². The van der Waals surface area contributed by atoms with E-state index in [1.165, 1.54) is 29.7 Å². The van der Waals surface area contributed by atoms with E-state index in [9.17, 15) is 0 Å². The molecular weight excluding hydrogens is 314 g/mol. The Bertz CT molecular complexity index is 767. The summed E-state index contributed by atoms with van der Waals surface area (Å²) in [5, 5.41) is 0.922. The van der Waals surface area contributed by atoms with E-state index in [4.69, 9.17) is 11.6 Å². The van der Waals surface area contributed by atoms with Crippen LogP contribution in [0.4, 0.5) is 0 Å². The minimum atomic E-state index is 0.362. The van der Waals surface area contributed by atoms with E-state index in [2.05, 4.69) is 60.9 Å². The van der Waals surface area contributed by atoms with Crippen LogP contribution in [0, 0.1) is 5.41 Å². The van der Waals surface area contributed by atoms with Gasteiger partial charge in [0.2, 0.25) is 0 Å². The maximum atomic E-state index is 6.64. The molecule has 24 heavy (non-hydrogen) atoms. The highest BCUT2D eigenvalue weighted by molar-refractivity contribution is 6.33. The first-order chi connectivity index (χ1) is 11.6. The molecule has 0 spiro atoms. The van der Waals surface area contributed by atoms with E-state index in [0.717, 1.165) is 30.1 Å². The zero-order valence-corrected chi connectivity index (χ0v) is 15.0. The molecule has 2 aromatic carbocycles. The summed E-state index contributed by atoms with van der Waals surface area (Å²) in [5.74, 6) is 0.585. The van der Waals surface area contributed by atoms with Crippen molar-refractivity contribution in [2.45, 2.75) is 32.2 Å². The van der Waals surface area contributed by atoms with Crippen molar-refractivity contribution in [2.75, 3.05) is 13.1 Å². The van der Waals surface area contributed by atoms with Crippen LogP contribution >= 0.6 is 11.6 Å². The fraction of sp³-hybridized carbons (Fsp3) is 0.364. The van der Waals surface area contributed by atoms with Gasteiger partial charge in [0.1, 0.15) is 0 Å². The third-order valence-corrected chi connectivity index (χ3v) is 6.41. The van der Waals surface area contributed by atoms with Gasteiger partial charge < -0.3 is 0 Å². The Labute approximate surface area is 149 Å². The van der Waals surface area contributed by atoms with Gasteiger partial charge in [-0.1, -0.05) is 73.6 Å². The number of hydrogen-bond donors (Lipinski definition) is 0. The Morgan fingerprint density at radius 1 is 1.25 bits per heavy atom. The molecular formula is C22H24ClN. The Hall–Kier alpha value is -1.57. The lowest BCUT2D eigenvalue weighted by molar-refractivity contribution is 0.240. The Kier molecular flexibility index (Phi) is 4.02. The second-order valence-corrected chi connectivity index (χ2v) is 7.98. The summed E-state index contributed by atoms with van der Waals surface area (Å²) in [6.45, 7) is 9.69. The number of likely N-dealkylation sites (tertiary alicyclic amines) is 1. The molecule has 0 N–H and O–H groups in total. The maximum Gasteiger partial charge on any atom is 0.0513 e. The van der Waals surface area contributed by atoms with E-state index in [1.807, 2.05) is 6.08 Å². The number of hydrogen-bond acceptors (Lipinski definition) is 1. The molecule has 0 amide bonds. The second-order valence-electron chi connectivity index (χ2n) is 7.60. The molecule has 1 fully saturated rings. The molecule has 2 heteroatoms. The molecule has 0 bridgehead atoms. The minimum absolute atomic E-state index is 0.362. The smallest absolute Gasteiger partial charge is 0.0513 e. The molecule has 1 aliphatic carbocycles. The summed E-state index contributed by atoms with van der Waals surface area (Å²) in [6, 6.07) is 15.2. The predicted octanol–water partition coefficient (Wildman–Crippen LogP) is 5.53. The molecule has 1 heterocycles. The molecule has 0 saturated carbocycles. The molecule has 0 radical (unpaired) electrons. The fourth-order valence-corrected chi connectivity index (χ4v) is 5.00. The van der Waals surface area contributed by atoms with Crippen LogP contribution in [0.5, 0.6) is 0 Å². The van der Waals surface area contributed by atoms with Crippen molar-refractivity contribution in [3.05, 3.63) is 76.3 Å². The van der Waals surface area contributed by atoms with Gasteiger partial charge in [0.15, 0.2) is 0 Å². The average molecular weight is 338 g/mol. The summed E-state index contributed by atoms with van der Waals surface area (Å²) >= 11 is 6.64. The van der Waals surface area contributed by atoms with Crippen LogP contribution in [0.2, 0.25) is 5.02 Å².